The van der Waals surface area contributed by atoms with E-state index in [4.69, 9.17) is 9.47 Å². The van der Waals surface area contributed by atoms with Gasteiger partial charge in [-0.15, -0.1) is 11.8 Å². The lowest BCUT2D eigenvalue weighted by Crippen LogP contribution is -2.28. The second-order valence-corrected chi connectivity index (χ2v) is 8.41. The molecule has 12 heteroatoms. The van der Waals surface area contributed by atoms with Crippen LogP contribution in [0.5, 0.6) is 5.75 Å². The molecule has 11 nitrogen and oxygen atoms in total. The van der Waals surface area contributed by atoms with Gasteiger partial charge in [-0.1, -0.05) is 24.3 Å². The Hall–Kier alpha value is -4.29. The number of rotatable bonds is 10. The number of aliphatic hydroxyl groups excluding tert-OH is 1. The fourth-order valence-corrected chi connectivity index (χ4v) is 4.35. The largest absolute Gasteiger partial charge is 0.464 e. The number of carbonyl (C=O) groups is 2. The van der Waals surface area contributed by atoms with Gasteiger partial charge in [-0.2, -0.15) is 0 Å². The molecule has 0 fully saturated rings. The van der Waals surface area contributed by atoms with Crippen molar-refractivity contribution in [2.45, 2.75) is 23.2 Å². The number of nitro benzene ring substituents is 2. The number of benzene rings is 3. The number of thioether (sulfide) groups is 1. The first-order valence-corrected chi connectivity index (χ1v) is 11.4. The lowest BCUT2D eigenvalue weighted by molar-refractivity contribution is -0.387. The Morgan fingerprint density at radius 3 is 2.17 bits per heavy atom. The standard InChI is InChI=1S/C24H20N2O9S/c1-2-34-24(29)21(27)22(36-20-6-4-3-5-19(20)26(32)33)15-9-13-18(14-10-15)35-23(28)16-7-11-17(12-8-16)25(30)31/h3-14,21-22,27H,2H2,1H3. The van der Waals surface area contributed by atoms with Crippen molar-refractivity contribution in [2.75, 3.05) is 6.61 Å². The Labute approximate surface area is 209 Å². The number of non-ortho nitro benzene ring substituents is 1. The number of ether oxygens (including phenoxy) is 2. The molecule has 0 amide bonds. The van der Waals surface area contributed by atoms with Crippen molar-refractivity contribution in [3.63, 3.8) is 0 Å². The molecule has 0 aliphatic rings. The first-order valence-electron chi connectivity index (χ1n) is 10.5. The van der Waals surface area contributed by atoms with Gasteiger partial charge in [0.1, 0.15) is 5.75 Å². The smallest absolute Gasteiger partial charge is 0.343 e. The number of carbonyl (C=O) groups excluding carboxylic acids is 2. The average Bonchev–Trinajstić information content (AvgIpc) is 2.87. The molecule has 0 bridgehead atoms. The van der Waals surface area contributed by atoms with Gasteiger partial charge in [-0.05, 0) is 42.8 Å². The number of para-hydroxylation sites is 1. The average molecular weight is 512 g/mol. The molecule has 0 saturated heterocycles. The van der Waals surface area contributed by atoms with Crippen LogP contribution in [-0.4, -0.2) is 39.6 Å². The van der Waals surface area contributed by atoms with Crippen molar-refractivity contribution in [1.29, 1.82) is 0 Å². The minimum Gasteiger partial charge on any atom is -0.464 e. The van der Waals surface area contributed by atoms with E-state index >= 15 is 0 Å². The molecule has 3 aromatic rings. The van der Waals surface area contributed by atoms with Crippen molar-refractivity contribution < 1.29 is 34.0 Å². The summed E-state index contributed by atoms with van der Waals surface area (Å²) in [5.41, 5.74) is 0.177. The van der Waals surface area contributed by atoms with Gasteiger partial charge < -0.3 is 14.6 Å². The van der Waals surface area contributed by atoms with Crippen LogP contribution in [0, 0.1) is 20.2 Å². The number of nitro groups is 2. The molecule has 0 radical (unpaired) electrons. The van der Waals surface area contributed by atoms with Gasteiger partial charge in [0.15, 0.2) is 6.10 Å². The van der Waals surface area contributed by atoms with Crippen LogP contribution in [0.2, 0.25) is 0 Å². The van der Waals surface area contributed by atoms with Crippen LogP contribution in [-0.2, 0) is 9.53 Å². The summed E-state index contributed by atoms with van der Waals surface area (Å²) in [5.74, 6) is -1.49. The summed E-state index contributed by atoms with van der Waals surface area (Å²) in [5, 5.41) is 31.9. The molecular weight excluding hydrogens is 492 g/mol. The third-order valence-electron chi connectivity index (χ3n) is 4.86. The molecule has 0 spiro atoms. The number of aliphatic hydroxyl groups is 1. The maximum Gasteiger partial charge on any atom is 0.343 e. The van der Waals surface area contributed by atoms with E-state index in [1.807, 2.05) is 0 Å². The van der Waals surface area contributed by atoms with Crippen LogP contribution < -0.4 is 4.74 Å². The molecule has 3 rings (SSSR count). The second kappa shape index (κ2) is 11.9. The summed E-state index contributed by atoms with van der Waals surface area (Å²) < 4.78 is 10.2. The van der Waals surface area contributed by atoms with Crippen LogP contribution in [0.1, 0.15) is 28.1 Å². The zero-order valence-corrected chi connectivity index (χ0v) is 19.6. The number of hydrogen-bond acceptors (Lipinski definition) is 10. The van der Waals surface area contributed by atoms with Crippen molar-refractivity contribution in [2.24, 2.45) is 0 Å². The lowest BCUT2D eigenvalue weighted by Gasteiger charge is -2.22. The van der Waals surface area contributed by atoms with Crippen LogP contribution >= 0.6 is 11.8 Å². The molecular formula is C24H20N2O9S. The Kier molecular flexibility index (Phi) is 8.71. The van der Waals surface area contributed by atoms with Gasteiger partial charge in [-0.3, -0.25) is 20.2 Å². The molecule has 0 heterocycles. The highest BCUT2D eigenvalue weighted by Crippen LogP contribution is 2.42. The highest BCUT2D eigenvalue weighted by atomic mass is 32.2. The topological polar surface area (TPSA) is 159 Å². The highest BCUT2D eigenvalue weighted by molar-refractivity contribution is 7.99. The van der Waals surface area contributed by atoms with E-state index in [9.17, 15) is 34.9 Å². The van der Waals surface area contributed by atoms with E-state index in [0.29, 0.717) is 5.56 Å². The van der Waals surface area contributed by atoms with E-state index < -0.39 is 33.1 Å². The molecule has 2 atom stereocenters. The summed E-state index contributed by atoms with van der Waals surface area (Å²) in [6.07, 6.45) is -1.64. The summed E-state index contributed by atoms with van der Waals surface area (Å²) in [6, 6.07) is 16.7. The van der Waals surface area contributed by atoms with Gasteiger partial charge >= 0.3 is 11.9 Å². The fraction of sp³-hybridized carbons (Fsp3) is 0.167. The third kappa shape index (κ3) is 6.43. The molecule has 0 aromatic heterocycles. The SMILES string of the molecule is CCOC(=O)C(O)C(Sc1ccccc1[N+](=O)[O-])c1ccc(OC(=O)c2ccc([N+](=O)[O-])cc2)cc1. The quantitative estimate of drug-likeness (QED) is 0.135. The van der Waals surface area contributed by atoms with Gasteiger partial charge in [0, 0.05) is 18.2 Å². The summed E-state index contributed by atoms with van der Waals surface area (Å²) >= 11 is 0.924. The van der Waals surface area contributed by atoms with Gasteiger partial charge in [0.25, 0.3) is 11.4 Å². The molecule has 0 aliphatic carbocycles. The predicted molar refractivity (Wildman–Crippen MR) is 129 cm³/mol. The van der Waals surface area contributed by atoms with Gasteiger partial charge in [0.2, 0.25) is 0 Å². The van der Waals surface area contributed by atoms with Crippen molar-refractivity contribution in [3.8, 4) is 5.75 Å². The summed E-state index contributed by atoms with van der Waals surface area (Å²) in [4.78, 5) is 45.9. The van der Waals surface area contributed by atoms with Gasteiger partial charge in [0.05, 0.1) is 32.2 Å². The van der Waals surface area contributed by atoms with E-state index in [2.05, 4.69) is 0 Å². The second-order valence-electron chi connectivity index (χ2n) is 7.22. The van der Waals surface area contributed by atoms with E-state index in [-0.39, 0.29) is 34.2 Å². The Bertz CT molecular complexity index is 1260. The zero-order chi connectivity index (χ0) is 26.2. The monoisotopic (exact) mass is 512 g/mol. The zero-order valence-electron chi connectivity index (χ0n) is 18.8. The number of nitrogens with zero attached hydrogens (tertiary/aromatic N) is 2. The number of hydrogen-bond donors (Lipinski definition) is 1. The Morgan fingerprint density at radius 1 is 0.944 bits per heavy atom. The molecule has 1 N–H and O–H groups in total. The van der Waals surface area contributed by atoms with E-state index in [1.54, 1.807) is 13.0 Å². The molecule has 0 saturated carbocycles. The van der Waals surface area contributed by atoms with Crippen LogP contribution in [0.4, 0.5) is 11.4 Å². The molecule has 186 valence electrons. The Morgan fingerprint density at radius 2 is 1.58 bits per heavy atom. The molecule has 0 aliphatic heterocycles. The maximum atomic E-state index is 12.4. The van der Waals surface area contributed by atoms with Crippen molar-refractivity contribution >= 4 is 35.1 Å². The molecule has 3 aromatic carbocycles. The summed E-state index contributed by atoms with van der Waals surface area (Å²) in [7, 11) is 0. The minimum absolute atomic E-state index is 0.0380. The minimum atomic E-state index is -1.64. The van der Waals surface area contributed by atoms with Crippen LogP contribution in [0.25, 0.3) is 0 Å². The van der Waals surface area contributed by atoms with Crippen molar-refractivity contribution in [3.05, 3.63) is 104 Å². The third-order valence-corrected chi connectivity index (χ3v) is 6.25. The summed E-state index contributed by atoms with van der Waals surface area (Å²) in [6.45, 7) is 1.62. The van der Waals surface area contributed by atoms with Crippen LogP contribution in [0.15, 0.2) is 77.7 Å². The van der Waals surface area contributed by atoms with E-state index in [0.717, 1.165) is 11.8 Å². The van der Waals surface area contributed by atoms with Gasteiger partial charge in [-0.25, -0.2) is 9.59 Å². The molecule has 2 unspecified atom stereocenters. The molecule has 36 heavy (non-hydrogen) atoms. The normalized spacial score (nSPS) is 12.3. The first kappa shape index (κ1) is 26.3. The van der Waals surface area contributed by atoms with Crippen LogP contribution in [0.3, 0.4) is 0 Å². The maximum absolute atomic E-state index is 12.4. The first-order chi connectivity index (χ1) is 17.2. The lowest BCUT2D eigenvalue weighted by atomic mass is 10.1. The predicted octanol–water partition coefficient (Wildman–Crippen LogP) is 4.48. The van der Waals surface area contributed by atoms with E-state index in [1.165, 1.54) is 66.7 Å². The van der Waals surface area contributed by atoms with Crippen molar-refractivity contribution in [1.82, 2.24) is 0 Å². The fourth-order valence-electron chi connectivity index (χ4n) is 3.12. The Balaban J connectivity index is 1.84. The highest BCUT2D eigenvalue weighted by Gasteiger charge is 2.32. The number of esters is 2.